The maximum atomic E-state index is 12.7. The molecular formula is C20H28N4O5. The molecule has 0 atom stereocenters. The van der Waals surface area contributed by atoms with Crippen LogP contribution < -0.4 is 10.2 Å². The van der Waals surface area contributed by atoms with Crippen molar-refractivity contribution in [1.82, 2.24) is 10.2 Å². The van der Waals surface area contributed by atoms with E-state index in [1.807, 2.05) is 0 Å². The van der Waals surface area contributed by atoms with Crippen LogP contribution in [0.25, 0.3) is 0 Å². The van der Waals surface area contributed by atoms with E-state index in [1.54, 1.807) is 32.9 Å². The molecule has 3 aliphatic heterocycles. The number of anilines is 1. The molecule has 1 N–H and O–H groups in total. The molecule has 1 aromatic rings. The highest BCUT2D eigenvalue weighted by molar-refractivity contribution is 6.00. The maximum Gasteiger partial charge on any atom is 0.325 e. The van der Waals surface area contributed by atoms with E-state index in [0.29, 0.717) is 6.04 Å². The summed E-state index contributed by atoms with van der Waals surface area (Å²) in [6.45, 7) is 8.70. The smallest absolute Gasteiger partial charge is 0.325 e. The number of esters is 1. The van der Waals surface area contributed by atoms with E-state index in [9.17, 15) is 19.7 Å². The zero-order valence-corrected chi connectivity index (χ0v) is 17.1. The zero-order chi connectivity index (χ0) is 21.2. The summed E-state index contributed by atoms with van der Waals surface area (Å²) in [6.07, 6.45) is 2.08. The van der Waals surface area contributed by atoms with Gasteiger partial charge in [-0.15, -0.1) is 0 Å². The normalized spacial score (nSPS) is 21.4. The number of ether oxygens (including phenoxy) is 1. The van der Waals surface area contributed by atoms with Gasteiger partial charge in [-0.05, 0) is 45.7 Å². The fraction of sp³-hybridized carbons (Fsp3) is 0.600. The van der Waals surface area contributed by atoms with Crippen molar-refractivity contribution in [2.75, 3.05) is 37.6 Å². The Labute approximate surface area is 170 Å². The van der Waals surface area contributed by atoms with Gasteiger partial charge in [0.05, 0.1) is 4.92 Å². The van der Waals surface area contributed by atoms with Crippen molar-refractivity contribution >= 4 is 23.3 Å². The molecule has 0 spiro atoms. The second-order valence-corrected chi connectivity index (χ2v) is 8.49. The first kappa shape index (κ1) is 21.0. The predicted octanol–water partition coefficient (Wildman–Crippen LogP) is 1.95. The first-order valence-electron chi connectivity index (χ1n) is 9.91. The van der Waals surface area contributed by atoms with Gasteiger partial charge in [-0.1, -0.05) is 0 Å². The van der Waals surface area contributed by atoms with Crippen LogP contribution in [0.2, 0.25) is 0 Å². The summed E-state index contributed by atoms with van der Waals surface area (Å²) in [7, 11) is 0. The monoisotopic (exact) mass is 404 g/mol. The van der Waals surface area contributed by atoms with Crippen molar-refractivity contribution in [2.45, 2.75) is 45.3 Å². The Kier molecular flexibility index (Phi) is 6.07. The molecule has 3 aliphatic rings. The molecule has 3 saturated heterocycles. The Morgan fingerprint density at radius 3 is 2.52 bits per heavy atom. The molecule has 2 bridgehead atoms. The average Bonchev–Trinajstić information content (AvgIpc) is 2.98. The van der Waals surface area contributed by atoms with Crippen molar-refractivity contribution in [3.8, 4) is 0 Å². The minimum Gasteiger partial charge on any atom is -0.459 e. The summed E-state index contributed by atoms with van der Waals surface area (Å²) in [5.41, 5.74) is -0.199. The summed E-state index contributed by atoms with van der Waals surface area (Å²) in [5.74, 6) is -1.25. The molecule has 0 radical (unpaired) electrons. The van der Waals surface area contributed by atoms with E-state index in [1.165, 1.54) is 6.07 Å². The number of hydrogen-bond donors (Lipinski definition) is 1. The summed E-state index contributed by atoms with van der Waals surface area (Å²) in [5, 5.41) is 13.9. The summed E-state index contributed by atoms with van der Waals surface area (Å²) >= 11 is 0. The number of piperidine rings is 1. The quantitative estimate of drug-likeness (QED) is 0.454. The molecule has 4 rings (SSSR count). The lowest BCUT2D eigenvalue weighted by Gasteiger charge is -2.33. The van der Waals surface area contributed by atoms with E-state index in [4.69, 9.17) is 4.74 Å². The molecule has 3 heterocycles. The second-order valence-electron chi connectivity index (χ2n) is 8.49. The zero-order valence-electron chi connectivity index (χ0n) is 17.1. The van der Waals surface area contributed by atoms with Gasteiger partial charge >= 0.3 is 5.97 Å². The van der Waals surface area contributed by atoms with E-state index in [0.717, 1.165) is 44.7 Å². The van der Waals surface area contributed by atoms with Gasteiger partial charge in [-0.2, -0.15) is 0 Å². The van der Waals surface area contributed by atoms with Gasteiger partial charge in [0.25, 0.3) is 11.6 Å². The van der Waals surface area contributed by atoms with E-state index in [2.05, 4.69) is 15.1 Å². The van der Waals surface area contributed by atoms with Crippen LogP contribution in [0, 0.1) is 10.1 Å². The van der Waals surface area contributed by atoms with Gasteiger partial charge < -0.3 is 19.9 Å². The number of carbonyl (C=O) groups is 2. The Balaban J connectivity index is 1.79. The van der Waals surface area contributed by atoms with Crippen LogP contribution in [0.4, 0.5) is 11.4 Å². The Morgan fingerprint density at radius 1 is 1.21 bits per heavy atom. The number of fused-ring (bicyclic) bond motifs is 4. The molecule has 3 fully saturated rings. The Bertz CT molecular complexity index is 797. The molecule has 1 aromatic carbocycles. The highest BCUT2D eigenvalue weighted by atomic mass is 16.6. The van der Waals surface area contributed by atoms with Crippen LogP contribution in [0.1, 0.15) is 44.0 Å². The lowest BCUT2D eigenvalue weighted by molar-refractivity contribution is -0.385. The SMILES string of the molecule is CC(C)(C)OC(=O)CNC(=O)c1cc(N2CCN3CCC2CC3)ccc1[N+](=O)[O-]. The molecule has 0 unspecified atom stereocenters. The minimum absolute atomic E-state index is 0.0461. The second kappa shape index (κ2) is 8.36. The van der Waals surface area contributed by atoms with Gasteiger partial charge in [0.1, 0.15) is 17.7 Å². The topological polar surface area (TPSA) is 105 Å². The average molecular weight is 404 g/mol. The van der Waals surface area contributed by atoms with Crippen LogP contribution in [-0.2, 0) is 9.53 Å². The van der Waals surface area contributed by atoms with Crippen molar-refractivity contribution in [3.63, 3.8) is 0 Å². The molecular weight excluding hydrogens is 376 g/mol. The highest BCUT2D eigenvalue weighted by Crippen LogP contribution is 2.30. The number of benzene rings is 1. The molecule has 0 aromatic heterocycles. The number of rotatable bonds is 5. The van der Waals surface area contributed by atoms with Crippen molar-refractivity contribution < 1.29 is 19.2 Å². The van der Waals surface area contributed by atoms with Gasteiger partial charge in [0.15, 0.2) is 0 Å². The summed E-state index contributed by atoms with van der Waals surface area (Å²) in [6, 6.07) is 5.01. The summed E-state index contributed by atoms with van der Waals surface area (Å²) < 4.78 is 5.17. The number of nitrogens with one attached hydrogen (secondary N) is 1. The molecule has 0 aliphatic carbocycles. The number of nitro benzene ring substituents is 1. The van der Waals surface area contributed by atoms with Gasteiger partial charge in [0.2, 0.25) is 0 Å². The van der Waals surface area contributed by atoms with E-state index >= 15 is 0 Å². The third kappa shape index (κ3) is 5.23. The summed E-state index contributed by atoms with van der Waals surface area (Å²) in [4.78, 5) is 40.0. The van der Waals surface area contributed by atoms with Crippen LogP contribution in [-0.4, -0.2) is 66.1 Å². The first-order valence-corrected chi connectivity index (χ1v) is 9.91. The van der Waals surface area contributed by atoms with Crippen LogP contribution >= 0.6 is 0 Å². The van der Waals surface area contributed by atoms with Gasteiger partial charge in [0, 0.05) is 44.0 Å². The predicted molar refractivity (Wildman–Crippen MR) is 108 cm³/mol. The highest BCUT2D eigenvalue weighted by Gasteiger charge is 2.31. The number of nitro groups is 1. The third-order valence-electron chi connectivity index (χ3n) is 5.22. The molecule has 158 valence electrons. The van der Waals surface area contributed by atoms with Crippen molar-refractivity contribution in [2.24, 2.45) is 0 Å². The van der Waals surface area contributed by atoms with Crippen molar-refractivity contribution in [1.29, 1.82) is 0 Å². The van der Waals surface area contributed by atoms with Gasteiger partial charge in [-0.25, -0.2) is 0 Å². The molecule has 0 saturated carbocycles. The lowest BCUT2D eigenvalue weighted by Crippen LogP contribution is -2.38. The van der Waals surface area contributed by atoms with Crippen molar-refractivity contribution in [3.05, 3.63) is 33.9 Å². The number of carbonyl (C=O) groups excluding carboxylic acids is 2. The fourth-order valence-corrected chi connectivity index (χ4v) is 3.90. The van der Waals surface area contributed by atoms with Crippen LogP contribution in [0.5, 0.6) is 0 Å². The Morgan fingerprint density at radius 2 is 1.90 bits per heavy atom. The fourth-order valence-electron chi connectivity index (χ4n) is 3.90. The molecule has 1 amide bonds. The maximum absolute atomic E-state index is 12.7. The van der Waals surface area contributed by atoms with Gasteiger partial charge in [-0.3, -0.25) is 19.7 Å². The lowest BCUT2D eigenvalue weighted by atomic mass is 10.0. The number of nitrogens with zero attached hydrogens (tertiary/aromatic N) is 3. The molecule has 9 nitrogen and oxygen atoms in total. The van der Waals surface area contributed by atoms with E-state index in [-0.39, 0.29) is 17.8 Å². The Hall–Kier alpha value is -2.68. The first-order chi connectivity index (χ1) is 13.6. The number of hydrogen-bond acceptors (Lipinski definition) is 7. The molecule has 9 heteroatoms. The van der Waals surface area contributed by atoms with Crippen LogP contribution in [0.15, 0.2) is 18.2 Å². The molecule has 29 heavy (non-hydrogen) atoms. The number of amides is 1. The van der Waals surface area contributed by atoms with E-state index < -0.39 is 22.4 Å². The minimum atomic E-state index is -0.671. The van der Waals surface area contributed by atoms with Crippen LogP contribution in [0.3, 0.4) is 0 Å². The standard InChI is InChI=1S/C20H28N4O5/c1-20(2,3)29-18(25)13-21-19(26)16-12-15(4-5-17(16)24(27)28)23-11-10-22-8-6-14(23)7-9-22/h4-5,12,14H,6-11,13H2,1-3H3,(H,21,26). The third-order valence-corrected chi connectivity index (χ3v) is 5.22. The largest absolute Gasteiger partial charge is 0.459 e.